The Morgan fingerprint density at radius 1 is 1.25 bits per heavy atom. The molecule has 1 amide bonds. The van der Waals surface area contributed by atoms with E-state index in [9.17, 15) is 14.7 Å². The van der Waals surface area contributed by atoms with Crippen LogP contribution in [0.2, 0.25) is 0 Å². The fourth-order valence-electron chi connectivity index (χ4n) is 2.83. The predicted molar refractivity (Wildman–Crippen MR) is 132 cm³/mol. The van der Waals surface area contributed by atoms with Gasteiger partial charge in [-0.05, 0) is 36.1 Å². The van der Waals surface area contributed by atoms with Crippen molar-refractivity contribution in [1.29, 1.82) is 0 Å². The molecule has 10 heteroatoms. The van der Waals surface area contributed by atoms with Crippen molar-refractivity contribution in [3.63, 3.8) is 0 Å². The highest BCUT2D eigenvalue weighted by atomic mass is 32.2. The van der Waals surface area contributed by atoms with Crippen molar-refractivity contribution < 1.29 is 19.4 Å². The molecule has 5 N–H and O–H groups in total. The molecule has 1 heterocycles. The van der Waals surface area contributed by atoms with Crippen molar-refractivity contribution in [2.75, 3.05) is 29.6 Å². The number of thioether (sulfide) groups is 1. The van der Waals surface area contributed by atoms with E-state index < -0.39 is 24.0 Å². The van der Waals surface area contributed by atoms with Crippen LogP contribution >= 0.6 is 24.4 Å². The highest BCUT2D eigenvalue weighted by molar-refractivity contribution is 7.98. The molecular formula is C22H30N4O4S2. The predicted octanol–water partition coefficient (Wildman–Crippen LogP) is 2.06. The van der Waals surface area contributed by atoms with Crippen LogP contribution < -0.4 is 21.1 Å². The van der Waals surface area contributed by atoms with E-state index in [1.54, 1.807) is 18.3 Å². The first-order valence-electron chi connectivity index (χ1n) is 10.2. The van der Waals surface area contributed by atoms with Gasteiger partial charge in [0, 0.05) is 31.0 Å². The molecule has 2 rings (SSSR count). The van der Waals surface area contributed by atoms with E-state index in [4.69, 9.17) is 10.5 Å². The van der Waals surface area contributed by atoms with Crippen molar-refractivity contribution in [3.05, 3.63) is 54.2 Å². The lowest BCUT2D eigenvalue weighted by Crippen LogP contribution is -2.48. The molecule has 8 nitrogen and oxygen atoms in total. The van der Waals surface area contributed by atoms with Crippen LogP contribution in [0.5, 0.6) is 5.88 Å². The number of hydrogen-bond acceptors (Lipinski definition) is 8. The molecule has 3 atom stereocenters. The Morgan fingerprint density at radius 2 is 2.00 bits per heavy atom. The monoisotopic (exact) mass is 478 g/mol. The minimum Gasteiger partial charge on any atom is -0.480 e. The highest BCUT2D eigenvalue weighted by Crippen LogP contribution is 2.23. The molecular weight excluding hydrogens is 448 g/mol. The molecule has 0 aliphatic carbocycles. The van der Waals surface area contributed by atoms with Gasteiger partial charge in [0.15, 0.2) is 6.10 Å². The van der Waals surface area contributed by atoms with Crippen LogP contribution in [0, 0.1) is 0 Å². The van der Waals surface area contributed by atoms with Gasteiger partial charge < -0.3 is 26.2 Å². The summed E-state index contributed by atoms with van der Waals surface area (Å²) in [4.78, 5) is 28.9. The molecule has 0 aliphatic rings. The first kappa shape index (κ1) is 25.8. The van der Waals surface area contributed by atoms with Crippen molar-refractivity contribution in [1.82, 2.24) is 10.3 Å². The Hall–Kier alpha value is -2.43. The van der Waals surface area contributed by atoms with Gasteiger partial charge in [0.05, 0.1) is 5.69 Å². The minimum absolute atomic E-state index is 0.164. The molecule has 32 heavy (non-hydrogen) atoms. The van der Waals surface area contributed by atoms with Gasteiger partial charge in [0.2, 0.25) is 5.88 Å². The normalized spacial score (nSPS) is 13.6. The average Bonchev–Trinajstić information content (AvgIpc) is 2.80. The molecule has 1 aromatic heterocycles. The van der Waals surface area contributed by atoms with E-state index >= 15 is 0 Å². The van der Waals surface area contributed by atoms with Crippen molar-refractivity contribution in [2.45, 2.75) is 31.0 Å². The summed E-state index contributed by atoms with van der Waals surface area (Å²) in [6.45, 7) is 0.455. The van der Waals surface area contributed by atoms with Crippen LogP contribution in [-0.4, -0.2) is 64.5 Å². The van der Waals surface area contributed by atoms with Crippen LogP contribution in [0.25, 0.3) is 0 Å². The topological polar surface area (TPSA) is 127 Å². The minimum atomic E-state index is -1.08. The molecule has 0 spiro atoms. The van der Waals surface area contributed by atoms with Crippen LogP contribution in [0.4, 0.5) is 5.69 Å². The van der Waals surface area contributed by atoms with E-state index in [1.807, 2.05) is 36.6 Å². The zero-order valence-electron chi connectivity index (χ0n) is 17.9. The van der Waals surface area contributed by atoms with Crippen molar-refractivity contribution in [2.24, 2.45) is 5.73 Å². The number of carbonyl (C=O) groups excluding carboxylic acids is 1. The number of ether oxygens (including phenoxy) is 1. The number of carboxylic acids is 1. The Kier molecular flexibility index (Phi) is 11.2. The van der Waals surface area contributed by atoms with Gasteiger partial charge in [-0.1, -0.05) is 30.3 Å². The lowest BCUT2D eigenvalue weighted by Gasteiger charge is -2.22. The summed E-state index contributed by atoms with van der Waals surface area (Å²) in [5.41, 5.74) is 7.40. The van der Waals surface area contributed by atoms with Gasteiger partial charge in [-0.25, -0.2) is 9.78 Å². The van der Waals surface area contributed by atoms with Crippen LogP contribution in [0.3, 0.4) is 0 Å². The Balaban J connectivity index is 2.22. The maximum absolute atomic E-state index is 13.1. The number of rotatable bonds is 14. The third kappa shape index (κ3) is 8.60. The van der Waals surface area contributed by atoms with E-state index in [0.717, 1.165) is 5.56 Å². The fraction of sp³-hybridized carbons (Fsp3) is 0.409. The maximum Gasteiger partial charge on any atom is 0.326 e. The molecule has 2 unspecified atom stereocenters. The lowest BCUT2D eigenvalue weighted by atomic mass is 10.1. The van der Waals surface area contributed by atoms with Gasteiger partial charge in [-0.2, -0.15) is 24.4 Å². The van der Waals surface area contributed by atoms with E-state index in [1.165, 1.54) is 11.8 Å². The molecule has 0 bridgehead atoms. The number of nitrogens with two attached hydrogens (primary N) is 1. The van der Waals surface area contributed by atoms with Gasteiger partial charge in [-0.3, -0.25) is 4.79 Å². The first-order valence-corrected chi connectivity index (χ1v) is 12.2. The summed E-state index contributed by atoms with van der Waals surface area (Å²) in [7, 11) is 0. The molecule has 0 radical (unpaired) electrons. The number of pyridine rings is 1. The van der Waals surface area contributed by atoms with E-state index in [2.05, 4.69) is 28.2 Å². The third-order valence-electron chi connectivity index (χ3n) is 4.60. The Bertz CT molecular complexity index is 857. The largest absolute Gasteiger partial charge is 0.480 e. The summed E-state index contributed by atoms with van der Waals surface area (Å²) in [6.07, 6.45) is 3.06. The Labute approximate surface area is 198 Å². The SMILES string of the molecule is CSCC[C@H](NC(=O)C(Cc1ccccc1)Oc1ncccc1NCC(N)CS)C(=O)O. The molecule has 2 aromatic rings. The molecule has 174 valence electrons. The number of benzene rings is 1. The average molecular weight is 479 g/mol. The summed E-state index contributed by atoms with van der Waals surface area (Å²) < 4.78 is 6.02. The van der Waals surface area contributed by atoms with Crippen LogP contribution in [0.1, 0.15) is 12.0 Å². The maximum atomic E-state index is 13.1. The number of anilines is 1. The van der Waals surface area contributed by atoms with E-state index in [-0.39, 0.29) is 18.3 Å². The number of nitrogens with one attached hydrogen (secondary N) is 2. The standard InChI is InChI=1S/C22H30N4O4S2/c1-32-11-9-18(22(28)29)26-20(27)19(12-15-6-3-2-4-7-15)30-21-17(8-5-10-24-21)25-13-16(23)14-31/h2-8,10,16,18-19,25,31H,9,11-14,23H2,1H3,(H,26,27)(H,28,29)/t16?,18-,19?/m0/s1. The molecule has 0 aliphatic heterocycles. The van der Waals surface area contributed by atoms with Gasteiger partial charge in [0.25, 0.3) is 5.91 Å². The van der Waals surface area contributed by atoms with Gasteiger partial charge in [-0.15, -0.1) is 0 Å². The number of carboxylic acid groups (broad SMARTS) is 1. The molecule has 0 saturated heterocycles. The number of nitrogens with zero attached hydrogens (tertiary/aromatic N) is 1. The smallest absolute Gasteiger partial charge is 0.326 e. The second kappa shape index (κ2) is 13.9. The number of amides is 1. The third-order valence-corrected chi connectivity index (χ3v) is 5.71. The van der Waals surface area contributed by atoms with E-state index in [0.29, 0.717) is 30.2 Å². The number of carbonyl (C=O) groups is 2. The summed E-state index contributed by atoms with van der Waals surface area (Å²) in [5.74, 6) is -0.222. The van der Waals surface area contributed by atoms with Crippen molar-refractivity contribution >= 4 is 42.0 Å². The molecule has 0 fully saturated rings. The summed E-state index contributed by atoms with van der Waals surface area (Å²) >= 11 is 5.70. The van der Waals surface area contributed by atoms with Crippen LogP contribution in [0.15, 0.2) is 48.7 Å². The quantitative estimate of drug-likeness (QED) is 0.261. The second-order valence-electron chi connectivity index (χ2n) is 7.16. The lowest BCUT2D eigenvalue weighted by molar-refractivity contribution is -0.143. The highest BCUT2D eigenvalue weighted by Gasteiger charge is 2.28. The number of aromatic nitrogens is 1. The number of hydrogen-bond donors (Lipinski definition) is 5. The Morgan fingerprint density at radius 3 is 2.66 bits per heavy atom. The number of aliphatic carboxylic acids is 1. The zero-order chi connectivity index (χ0) is 23.3. The summed E-state index contributed by atoms with van der Waals surface area (Å²) in [6, 6.07) is 11.8. The molecule has 1 aromatic carbocycles. The molecule has 0 saturated carbocycles. The fourth-order valence-corrected chi connectivity index (χ4v) is 3.43. The second-order valence-corrected chi connectivity index (χ2v) is 8.51. The zero-order valence-corrected chi connectivity index (χ0v) is 19.6. The first-order chi connectivity index (χ1) is 15.4. The van der Waals surface area contributed by atoms with Gasteiger partial charge in [0.1, 0.15) is 6.04 Å². The number of thiol groups is 1. The summed E-state index contributed by atoms with van der Waals surface area (Å²) in [5, 5.41) is 15.3. The van der Waals surface area contributed by atoms with Gasteiger partial charge >= 0.3 is 5.97 Å². The van der Waals surface area contributed by atoms with Crippen LogP contribution in [-0.2, 0) is 16.0 Å². The van der Waals surface area contributed by atoms with Crippen molar-refractivity contribution in [3.8, 4) is 5.88 Å².